The summed E-state index contributed by atoms with van der Waals surface area (Å²) in [6, 6.07) is 11.0. The van der Waals surface area contributed by atoms with Crippen LogP contribution in [0.4, 0.5) is 17.1 Å². The predicted octanol–water partition coefficient (Wildman–Crippen LogP) is 2.46. The van der Waals surface area contributed by atoms with Gasteiger partial charge in [-0.2, -0.15) is 0 Å². The number of nitro benzene ring substituents is 1. The van der Waals surface area contributed by atoms with Crippen molar-refractivity contribution in [3.05, 3.63) is 58.1 Å². The highest BCUT2D eigenvalue weighted by Crippen LogP contribution is 2.25. The van der Waals surface area contributed by atoms with Crippen molar-refractivity contribution in [2.75, 3.05) is 42.8 Å². The first-order valence-electron chi connectivity index (χ1n) is 8.58. The number of nitro groups is 1. The van der Waals surface area contributed by atoms with Crippen molar-refractivity contribution in [2.45, 2.75) is 11.8 Å². The van der Waals surface area contributed by atoms with Crippen molar-refractivity contribution in [1.29, 1.82) is 0 Å². The molecule has 8 nitrogen and oxygen atoms in total. The minimum Gasteiger partial charge on any atom is -0.369 e. The Kier molecular flexibility index (Phi) is 5.33. The number of likely N-dealkylation sites (N-methyl/N-ethyl adjacent to an activating group) is 1. The molecule has 0 bridgehead atoms. The minimum atomic E-state index is -3.91. The third-order valence-electron chi connectivity index (χ3n) is 4.68. The first-order valence-corrected chi connectivity index (χ1v) is 10.1. The summed E-state index contributed by atoms with van der Waals surface area (Å²) in [6.07, 6.45) is 0. The average molecular weight is 390 g/mol. The van der Waals surface area contributed by atoms with Gasteiger partial charge in [-0.1, -0.05) is 6.07 Å². The fraction of sp³-hybridized carbons (Fsp3) is 0.333. The third kappa shape index (κ3) is 4.37. The number of nitrogens with one attached hydrogen (secondary N) is 1. The van der Waals surface area contributed by atoms with Gasteiger partial charge in [-0.15, -0.1) is 0 Å². The van der Waals surface area contributed by atoms with Gasteiger partial charge in [0.2, 0.25) is 0 Å². The van der Waals surface area contributed by atoms with Crippen LogP contribution in [0.2, 0.25) is 0 Å². The number of hydrogen-bond donors (Lipinski definition) is 1. The van der Waals surface area contributed by atoms with E-state index in [2.05, 4.69) is 21.6 Å². The SMILES string of the molecule is Cc1ccc(S(=O)(=O)Nc2ccc(N3CCN(C)CC3)cc2)cc1[N+](=O)[O-]. The lowest BCUT2D eigenvalue weighted by Crippen LogP contribution is -2.44. The number of rotatable bonds is 5. The van der Waals surface area contributed by atoms with E-state index in [-0.39, 0.29) is 10.6 Å². The van der Waals surface area contributed by atoms with Gasteiger partial charge in [0.05, 0.1) is 9.82 Å². The number of anilines is 2. The number of benzene rings is 2. The van der Waals surface area contributed by atoms with E-state index in [0.717, 1.165) is 37.9 Å². The fourth-order valence-electron chi connectivity index (χ4n) is 2.97. The predicted molar refractivity (Wildman–Crippen MR) is 105 cm³/mol. The van der Waals surface area contributed by atoms with E-state index in [1.807, 2.05) is 12.1 Å². The Morgan fingerprint density at radius 2 is 1.67 bits per heavy atom. The van der Waals surface area contributed by atoms with E-state index < -0.39 is 14.9 Å². The van der Waals surface area contributed by atoms with Crippen LogP contribution in [0.3, 0.4) is 0 Å². The van der Waals surface area contributed by atoms with E-state index in [0.29, 0.717) is 11.3 Å². The molecule has 0 atom stereocenters. The summed E-state index contributed by atoms with van der Waals surface area (Å²) in [5, 5.41) is 11.1. The molecule has 0 radical (unpaired) electrons. The van der Waals surface area contributed by atoms with Crippen LogP contribution in [0.5, 0.6) is 0 Å². The number of nitrogens with zero attached hydrogens (tertiary/aromatic N) is 3. The Labute approximate surface area is 158 Å². The summed E-state index contributed by atoms with van der Waals surface area (Å²) in [6.45, 7) is 5.39. The molecule has 1 fully saturated rings. The fourth-order valence-corrected chi connectivity index (χ4v) is 4.05. The third-order valence-corrected chi connectivity index (χ3v) is 6.05. The van der Waals surface area contributed by atoms with Crippen LogP contribution in [0.15, 0.2) is 47.4 Å². The van der Waals surface area contributed by atoms with Crippen LogP contribution in [0.1, 0.15) is 5.56 Å². The van der Waals surface area contributed by atoms with Crippen LogP contribution in [-0.2, 0) is 10.0 Å². The van der Waals surface area contributed by atoms with Crippen molar-refractivity contribution in [3.63, 3.8) is 0 Å². The summed E-state index contributed by atoms with van der Waals surface area (Å²) in [7, 11) is -1.82. The van der Waals surface area contributed by atoms with Crippen molar-refractivity contribution >= 4 is 27.1 Å². The summed E-state index contributed by atoms with van der Waals surface area (Å²) in [5.74, 6) is 0. The molecule has 0 aliphatic carbocycles. The molecule has 0 unspecified atom stereocenters. The molecule has 144 valence electrons. The second-order valence-electron chi connectivity index (χ2n) is 6.65. The van der Waals surface area contributed by atoms with E-state index in [9.17, 15) is 18.5 Å². The van der Waals surface area contributed by atoms with Gasteiger partial charge in [-0.25, -0.2) is 8.42 Å². The summed E-state index contributed by atoms with van der Waals surface area (Å²) >= 11 is 0. The molecule has 0 amide bonds. The highest BCUT2D eigenvalue weighted by Gasteiger charge is 2.20. The van der Waals surface area contributed by atoms with E-state index in [1.54, 1.807) is 19.1 Å². The summed E-state index contributed by atoms with van der Waals surface area (Å²) in [4.78, 5) is 14.8. The van der Waals surface area contributed by atoms with E-state index in [4.69, 9.17) is 0 Å². The zero-order valence-electron chi connectivity index (χ0n) is 15.3. The second-order valence-corrected chi connectivity index (χ2v) is 8.33. The zero-order valence-corrected chi connectivity index (χ0v) is 16.1. The average Bonchev–Trinajstić information content (AvgIpc) is 2.63. The second kappa shape index (κ2) is 7.53. The van der Waals surface area contributed by atoms with Gasteiger partial charge in [0.15, 0.2) is 0 Å². The monoisotopic (exact) mass is 390 g/mol. The lowest BCUT2D eigenvalue weighted by molar-refractivity contribution is -0.385. The van der Waals surface area contributed by atoms with Crippen LogP contribution in [0.25, 0.3) is 0 Å². The molecule has 2 aromatic rings. The molecule has 1 heterocycles. The molecule has 3 rings (SSSR count). The first-order chi connectivity index (χ1) is 12.8. The van der Waals surface area contributed by atoms with Gasteiger partial charge in [-0.05, 0) is 44.3 Å². The van der Waals surface area contributed by atoms with Gasteiger partial charge in [-0.3, -0.25) is 14.8 Å². The highest BCUT2D eigenvalue weighted by molar-refractivity contribution is 7.92. The Morgan fingerprint density at radius 3 is 2.26 bits per heavy atom. The lowest BCUT2D eigenvalue weighted by atomic mass is 10.2. The molecule has 0 saturated carbocycles. The van der Waals surface area contributed by atoms with Crippen molar-refractivity contribution in [1.82, 2.24) is 4.90 Å². The van der Waals surface area contributed by atoms with Gasteiger partial charge in [0.1, 0.15) is 0 Å². The van der Waals surface area contributed by atoms with Crippen LogP contribution in [-0.4, -0.2) is 51.5 Å². The van der Waals surface area contributed by atoms with Gasteiger partial charge in [0, 0.05) is 49.2 Å². The molecular weight excluding hydrogens is 368 g/mol. The van der Waals surface area contributed by atoms with Crippen LogP contribution >= 0.6 is 0 Å². The molecular formula is C18H22N4O4S. The molecule has 1 aliphatic rings. The number of aryl methyl sites for hydroxylation is 1. The Hall–Kier alpha value is -2.65. The zero-order chi connectivity index (χ0) is 19.6. The van der Waals surface area contributed by atoms with E-state index in [1.165, 1.54) is 12.1 Å². The van der Waals surface area contributed by atoms with Crippen molar-refractivity contribution in [3.8, 4) is 0 Å². The largest absolute Gasteiger partial charge is 0.369 e. The van der Waals surface area contributed by atoms with Crippen LogP contribution < -0.4 is 9.62 Å². The summed E-state index contributed by atoms with van der Waals surface area (Å²) in [5.41, 5.74) is 1.65. The van der Waals surface area contributed by atoms with Gasteiger partial charge in [0.25, 0.3) is 15.7 Å². The molecule has 1 saturated heterocycles. The maximum Gasteiger partial charge on any atom is 0.273 e. The maximum atomic E-state index is 12.6. The summed E-state index contributed by atoms with van der Waals surface area (Å²) < 4.78 is 27.6. The van der Waals surface area contributed by atoms with Crippen LogP contribution in [0, 0.1) is 17.0 Å². The molecule has 2 aromatic carbocycles. The normalized spacial score (nSPS) is 15.6. The molecule has 0 aromatic heterocycles. The standard InChI is InChI=1S/C18H22N4O4S/c1-14-3-8-17(13-18(14)22(23)24)27(25,26)19-15-4-6-16(7-5-15)21-11-9-20(2)10-12-21/h3-8,13,19H,9-12H2,1-2H3. The molecule has 0 spiro atoms. The molecule has 1 aliphatic heterocycles. The molecule has 1 N–H and O–H groups in total. The topological polar surface area (TPSA) is 95.8 Å². The Bertz CT molecular complexity index is 936. The van der Waals surface area contributed by atoms with Gasteiger partial charge >= 0.3 is 0 Å². The van der Waals surface area contributed by atoms with Gasteiger partial charge < -0.3 is 9.80 Å². The smallest absolute Gasteiger partial charge is 0.273 e. The first kappa shape index (κ1) is 19.1. The highest BCUT2D eigenvalue weighted by atomic mass is 32.2. The number of hydrogen-bond acceptors (Lipinski definition) is 6. The minimum absolute atomic E-state index is 0.136. The Morgan fingerprint density at radius 1 is 1.04 bits per heavy atom. The van der Waals surface area contributed by atoms with Crippen molar-refractivity contribution < 1.29 is 13.3 Å². The molecule has 9 heteroatoms. The number of piperazine rings is 1. The molecule has 27 heavy (non-hydrogen) atoms. The van der Waals surface area contributed by atoms with Crippen molar-refractivity contribution in [2.24, 2.45) is 0 Å². The van der Waals surface area contributed by atoms with E-state index >= 15 is 0 Å². The lowest BCUT2D eigenvalue weighted by Gasteiger charge is -2.34. The number of sulfonamides is 1. The quantitative estimate of drug-likeness (QED) is 0.622. The Balaban J connectivity index is 1.76. The maximum absolute atomic E-state index is 12.6.